The maximum Gasteiger partial charge on any atom is 0.0704 e. The minimum atomic E-state index is -0.477. The van der Waals surface area contributed by atoms with Crippen molar-refractivity contribution < 1.29 is 0 Å². The van der Waals surface area contributed by atoms with Gasteiger partial charge >= 0.3 is 0 Å². The summed E-state index contributed by atoms with van der Waals surface area (Å²) in [7, 11) is 0. The molecule has 0 aromatic heterocycles. The third-order valence-electron chi connectivity index (χ3n) is 9.57. The summed E-state index contributed by atoms with van der Waals surface area (Å²) in [5.41, 5.74) is 11.5. The number of hydrogen-bond donors (Lipinski definition) is 0. The highest BCUT2D eigenvalue weighted by atomic mass is 14.4. The van der Waals surface area contributed by atoms with Crippen LogP contribution in [0.5, 0.6) is 0 Å². The molecule has 2 aliphatic rings. The van der Waals surface area contributed by atoms with E-state index in [9.17, 15) is 0 Å². The van der Waals surface area contributed by atoms with Gasteiger partial charge in [0, 0.05) is 0 Å². The van der Waals surface area contributed by atoms with Crippen LogP contribution in [-0.2, 0) is 11.8 Å². The van der Waals surface area contributed by atoms with Crippen LogP contribution in [0.3, 0.4) is 0 Å². The lowest BCUT2D eigenvalue weighted by Gasteiger charge is -2.39. The summed E-state index contributed by atoms with van der Waals surface area (Å²) in [6.45, 7) is 4.42. The van der Waals surface area contributed by atoms with Gasteiger partial charge in [-0.2, -0.15) is 0 Å². The molecule has 2 unspecified atom stereocenters. The fourth-order valence-electron chi connectivity index (χ4n) is 7.48. The molecule has 4 aromatic carbocycles. The normalized spacial score (nSPS) is 21.9. The van der Waals surface area contributed by atoms with Gasteiger partial charge in [-0.1, -0.05) is 177 Å². The van der Waals surface area contributed by atoms with E-state index in [4.69, 9.17) is 0 Å². The van der Waals surface area contributed by atoms with Crippen LogP contribution in [0.4, 0.5) is 0 Å². The topological polar surface area (TPSA) is 0 Å². The Morgan fingerprint density at radius 3 is 2.35 bits per heavy atom. The van der Waals surface area contributed by atoms with Gasteiger partial charge in [-0.25, -0.2) is 0 Å². The van der Waals surface area contributed by atoms with E-state index in [0.29, 0.717) is 5.92 Å². The molecule has 0 saturated heterocycles. The number of rotatable bonds is 9. The van der Waals surface area contributed by atoms with Crippen LogP contribution in [0.2, 0.25) is 0 Å². The molecule has 230 valence electrons. The highest BCUT2D eigenvalue weighted by Gasteiger charge is 2.41. The molecule has 46 heavy (non-hydrogen) atoms. The van der Waals surface area contributed by atoms with Gasteiger partial charge in [0.15, 0.2) is 0 Å². The summed E-state index contributed by atoms with van der Waals surface area (Å²) >= 11 is 0. The largest absolute Gasteiger partial charge is 0.0845 e. The van der Waals surface area contributed by atoms with Crippen molar-refractivity contribution >= 4 is 17.7 Å². The van der Waals surface area contributed by atoms with Gasteiger partial charge in [-0.3, -0.25) is 0 Å². The lowest BCUT2D eigenvalue weighted by Crippen LogP contribution is -2.33. The van der Waals surface area contributed by atoms with E-state index in [-0.39, 0.29) is 0 Å². The zero-order chi connectivity index (χ0) is 31.6. The maximum atomic E-state index is 2.52. The van der Waals surface area contributed by atoms with Gasteiger partial charge in [-0.15, -0.1) is 0 Å². The minimum absolute atomic E-state index is 0.477. The second-order valence-corrected chi connectivity index (χ2v) is 12.6. The van der Waals surface area contributed by atoms with Crippen LogP contribution >= 0.6 is 0 Å². The van der Waals surface area contributed by atoms with E-state index in [2.05, 4.69) is 178 Å². The second-order valence-electron chi connectivity index (χ2n) is 12.6. The molecular weight excluding hydrogens is 553 g/mol. The second kappa shape index (κ2) is 15.1. The van der Waals surface area contributed by atoms with Crippen LogP contribution in [0.25, 0.3) is 17.7 Å². The summed E-state index contributed by atoms with van der Waals surface area (Å²) < 4.78 is 0. The molecule has 2 atom stereocenters. The monoisotopic (exact) mass is 598 g/mol. The lowest BCUT2D eigenvalue weighted by atomic mass is 9.62. The van der Waals surface area contributed by atoms with E-state index in [0.717, 1.165) is 25.7 Å². The number of hydrogen-bond acceptors (Lipinski definition) is 0. The summed E-state index contributed by atoms with van der Waals surface area (Å²) in [5, 5.41) is 0. The van der Waals surface area contributed by atoms with Gasteiger partial charge in [0.05, 0.1) is 5.41 Å². The first-order valence-electron chi connectivity index (χ1n) is 17.1. The van der Waals surface area contributed by atoms with Crippen LogP contribution in [0.15, 0.2) is 157 Å². The Morgan fingerprint density at radius 2 is 1.54 bits per heavy atom. The van der Waals surface area contributed by atoms with Crippen molar-refractivity contribution in [3.8, 4) is 0 Å². The van der Waals surface area contributed by atoms with Gasteiger partial charge in [0.25, 0.3) is 0 Å². The minimum Gasteiger partial charge on any atom is -0.0845 e. The number of benzene rings is 4. The zero-order valence-corrected chi connectivity index (χ0v) is 27.4. The van der Waals surface area contributed by atoms with Crippen molar-refractivity contribution in [2.24, 2.45) is 5.92 Å². The zero-order valence-electron chi connectivity index (χ0n) is 27.4. The van der Waals surface area contributed by atoms with Crippen LogP contribution < -0.4 is 0 Å². The van der Waals surface area contributed by atoms with Crippen molar-refractivity contribution in [3.63, 3.8) is 0 Å². The molecule has 0 heterocycles. The Kier molecular flexibility index (Phi) is 10.3. The molecule has 4 aromatic rings. The molecule has 0 saturated carbocycles. The molecule has 0 amide bonds. The first-order valence-corrected chi connectivity index (χ1v) is 17.1. The van der Waals surface area contributed by atoms with Crippen LogP contribution in [-0.4, -0.2) is 0 Å². The summed E-state index contributed by atoms with van der Waals surface area (Å²) in [5.74, 6) is 0.494. The predicted octanol–water partition coefficient (Wildman–Crippen LogP) is 12.3. The fraction of sp³-hybridized carbons (Fsp3) is 0.217. The standard InChI is InChI=1S/C46H46/c1-3-5-6-7-10-21-36-32-37(33-40-26-16-19-30-44(40)38-22-11-8-12-23-38)35-43(34-36)46(42-28-13-9-14-29-42)41(4-2)27-18-15-24-39-25-17-20-31-45(39)46/h4,6-15,17-18,20-25,27-32,34-35,40H,3,5,16,19,26,33H2,1-2H3/b7-6-,21-10?,24-15-,27-18-,41-4-. The van der Waals surface area contributed by atoms with Crippen molar-refractivity contribution in [1.29, 1.82) is 0 Å². The highest BCUT2D eigenvalue weighted by molar-refractivity contribution is 5.72. The molecule has 0 fully saturated rings. The predicted molar refractivity (Wildman–Crippen MR) is 200 cm³/mol. The van der Waals surface area contributed by atoms with Gasteiger partial charge in [0.1, 0.15) is 0 Å². The first kappa shape index (κ1) is 31.3. The number of allylic oxidation sites excluding steroid dienone is 10. The van der Waals surface area contributed by atoms with Crippen LogP contribution in [0, 0.1) is 5.92 Å². The first-order chi connectivity index (χ1) is 22.7. The average Bonchev–Trinajstić information content (AvgIpc) is 3.10. The number of fused-ring (bicyclic) bond motifs is 1. The lowest BCUT2D eigenvalue weighted by molar-refractivity contribution is 0.555. The van der Waals surface area contributed by atoms with E-state index in [1.54, 1.807) is 0 Å². The Balaban J connectivity index is 1.57. The van der Waals surface area contributed by atoms with Crippen LogP contribution in [0.1, 0.15) is 84.9 Å². The molecule has 0 N–H and O–H groups in total. The van der Waals surface area contributed by atoms with Gasteiger partial charge in [-0.05, 0) is 95.0 Å². The van der Waals surface area contributed by atoms with Crippen molar-refractivity contribution in [3.05, 3.63) is 196 Å². The Bertz CT molecular complexity index is 1790. The highest BCUT2D eigenvalue weighted by Crippen LogP contribution is 2.49. The summed E-state index contributed by atoms with van der Waals surface area (Å²) in [6.07, 6.45) is 29.7. The van der Waals surface area contributed by atoms with E-state index < -0.39 is 5.41 Å². The van der Waals surface area contributed by atoms with E-state index in [1.807, 2.05) is 0 Å². The molecule has 0 bridgehead atoms. The molecule has 0 heteroatoms. The van der Waals surface area contributed by atoms with Gasteiger partial charge in [0.2, 0.25) is 0 Å². The smallest absolute Gasteiger partial charge is 0.0704 e. The quantitative estimate of drug-likeness (QED) is 0.168. The van der Waals surface area contributed by atoms with Crippen molar-refractivity contribution in [2.75, 3.05) is 0 Å². The number of unbranched alkanes of at least 4 members (excludes halogenated alkanes) is 1. The van der Waals surface area contributed by atoms with E-state index in [1.165, 1.54) is 62.9 Å². The molecule has 0 nitrogen and oxygen atoms in total. The summed E-state index contributed by atoms with van der Waals surface area (Å²) in [6, 6.07) is 38.5. The molecule has 0 radical (unpaired) electrons. The molecule has 0 spiro atoms. The van der Waals surface area contributed by atoms with Crippen molar-refractivity contribution in [1.82, 2.24) is 0 Å². The molecule has 0 aliphatic heterocycles. The maximum absolute atomic E-state index is 2.52. The molecular formula is C46H46. The Morgan fingerprint density at radius 1 is 0.783 bits per heavy atom. The average molecular weight is 599 g/mol. The summed E-state index contributed by atoms with van der Waals surface area (Å²) in [4.78, 5) is 0. The van der Waals surface area contributed by atoms with Crippen molar-refractivity contribution in [2.45, 2.75) is 57.8 Å². The molecule has 2 aliphatic carbocycles. The third-order valence-corrected chi connectivity index (χ3v) is 9.57. The Labute approximate surface area is 276 Å². The van der Waals surface area contributed by atoms with E-state index >= 15 is 0 Å². The SMILES string of the molecule is C/C=C1/C=C\C=C/c2ccccc2C1(c1ccccc1)c1cc(C=C/C=C\CCC)cc(CC2CCCC=C2c2ccccc2)c1. The third kappa shape index (κ3) is 6.63. The van der Waals surface area contributed by atoms with Gasteiger partial charge < -0.3 is 0 Å². The molecule has 6 rings (SSSR count). The fourth-order valence-corrected chi connectivity index (χ4v) is 7.48. The Hall–Kier alpha value is -4.68.